The van der Waals surface area contributed by atoms with E-state index in [0.29, 0.717) is 6.42 Å². The number of sulfonamides is 1. The van der Waals surface area contributed by atoms with Gasteiger partial charge < -0.3 is 11.5 Å². The van der Waals surface area contributed by atoms with Gasteiger partial charge >= 0.3 is 0 Å². The van der Waals surface area contributed by atoms with Crippen molar-refractivity contribution >= 4 is 21.6 Å². The number of primary amides is 1. The van der Waals surface area contributed by atoms with E-state index in [1.165, 1.54) is 13.0 Å². The Morgan fingerprint density at radius 2 is 2.10 bits per heavy atom. The highest BCUT2D eigenvalue weighted by Gasteiger charge is 2.36. The van der Waals surface area contributed by atoms with E-state index in [-0.39, 0.29) is 24.3 Å². The first-order chi connectivity index (χ1) is 9.23. The Balaban J connectivity index is 2.40. The summed E-state index contributed by atoms with van der Waals surface area (Å²) in [7, 11) is -4.01. The van der Waals surface area contributed by atoms with Crippen LogP contribution < -0.4 is 11.5 Å². The maximum atomic E-state index is 14.0. The summed E-state index contributed by atoms with van der Waals surface area (Å²) < 4.78 is 39.9. The number of hydrogen-bond donors (Lipinski definition) is 2. The van der Waals surface area contributed by atoms with Crippen LogP contribution in [0.1, 0.15) is 12.0 Å². The first kappa shape index (κ1) is 14.7. The van der Waals surface area contributed by atoms with Crippen molar-refractivity contribution in [1.29, 1.82) is 0 Å². The summed E-state index contributed by atoms with van der Waals surface area (Å²) in [5, 5.41) is 0. The number of hydrogen-bond acceptors (Lipinski definition) is 4. The van der Waals surface area contributed by atoms with E-state index >= 15 is 0 Å². The zero-order chi connectivity index (χ0) is 15.1. The molecule has 1 heterocycles. The van der Waals surface area contributed by atoms with Gasteiger partial charge in [0.15, 0.2) is 0 Å². The highest BCUT2D eigenvalue weighted by atomic mass is 32.2. The quantitative estimate of drug-likeness (QED) is 0.778. The second kappa shape index (κ2) is 5.02. The zero-order valence-corrected chi connectivity index (χ0v) is 11.8. The number of nitrogens with zero attached hydrogens (tertiary/aromatic N) is 1. The first-order valence-corrected chi connectivity index (χ1v) is 7.52. The SMILES string of the molecule is Cc1cc(N)cc(S(=O)(=O)N2CCC(C(N)=O)C2)c1F. The van der Waals surface area contributed by atoms with Crippen LogP contribution in [0, 0.1) is 18.7 Å². The molecular weight excluding hydrogens is 285 g/mol. The van der Waals surface area contributed by atoms with Crippen molar-refractivity contribution in [2.24, 2.45) is 11.7 Å². The standard InChI is InChI=1S/C12H16FN3O3S/c1-7-4-9(14)5-10(11(7)13)20(18,19)16-3-2-8(6-16)12(15)17/h4-5,8H,2-3,6,14H2,1H3,(H2,15,17). The van der Waals surface area contributed by atoms with Crippen LogP contribution in [-0.4, -0.2) is 31.7 Å². The second-order valence-electron chi connectivity index (χ2n) is 4.90. The fourth-order valence-corrected chi connectivity index (χ4v) is 3.94. The maximum absolute atomic E-state index is 14.0. The van der Waals surface area contributed by atoms with Gasteiger partial charge in [-0.1, -0.05) is 0 Å². The van der Waals surface area contributed by atoms with Crippen LogP contribution in [-0.2, 0) is 14.8 Å². The summed E-state index contributed by atoms with van der Waals surface area (Å²) in [5.74, 6) is -1.90. The maximum Gasteiger partial charge on any atom is 0.246 e. The molecule has 1 aromatic carbocycles. The average Bonchev–Trinajstić information content (AvgIpc) is 2.83. The summed E-state index contributed by atoms with van der Waals surface area (Å²) in [5.41, 5.74) is 11.1. The van der Waals surface area contributed by atoms with Crippen LogP contribution in [0.3, 0.4) is 0 Å². The molecule has 0 radical (unpaired) electrons. The third-order valence-corrected chi connectivity index (χ3v) is 5.28. The van der Waals surface area contributed by atoms with Gasteiger partial charge in [-0.05, 0) is 31.0 Å². The monoisotopic (exact) mass is 301 g/mol. The van der Waals surface area contributed by atoms with Crippen LogP contribution in [0.15, 0.2) is 17.0 Å². The van der Waals surface area contributed by atoms with E-state index in [1.54, 1.807) is 0 Å². The van der Waals surface area contributed by atoms with Crippen molar-refractivity contribution in [1.82, 2.24) is 4.31 Å². The third-order valence-electron chi connectivity index (χ3n) is 3.41. The molecule has 110 valence electrons. The van der Waals surface area contributed by atoms with Crippen molar-refractivity contribution in [2.45, 2.75) is 18.2 Å². The molecule has 8 heteroatoms. The molecule has 6 nitrogen and oxygen atoms in total. The minimum absolute atomic E-state index is 0.0229. The number of aryl methyl sites for hydroxylation is 1. The largest absolute Gasteiger partial charge is 0.399 e. The number of carbonyl (C=O) groups excluding carboxylic acids is 1. The molecule has 1 aliphatic rings. The smallest absolute Gasteiger partial charge is 0.246 e. The molecule has 0 aliphatic carbocycles. The summed E-state index contributed by atoms with van der Waals surface area (Å²) >= 11 is 0. The molecule has 0 saturated carbocycles. The highest BCUT2D eigenvalue weighted by Crippen LogP contribution is 2.28. The van der Waals surface area contributed by atoms with E-state index in [0.717, 1.165) is 10.4 Å². The molecule has 1 aromatic rings. The number of rotatable bonds is 3. The molecule has 0 spiro atoms. The lowest BCUT2D eigenvalue weighted by molar-refractivity contribution is -0.121. The van der Waals surface area contributed by atoms with E-state index in [4.69, 9.17) is 11.5 Å². The van der Waals surface area contributed by atoms with Gasteiger partial charge in [0.25, 0.3) is 0 Å². The predicted octanol–water partition coefficient (Wildman–Crippen LogP) is 0.212. The number of nitrogen functional groups attached to an aromatic ring is 1. The minimum Gasteiger partial charge on any atom is -0.399 e. The molecule has 1 saturated heterocycles. The van der Waals surface area contributed by atoms with Crippen LogP contribution in [0.25, 0.3) is 0 Å². The molecule has 0 bridgehead atoms. The lowest BCUT2D eigenvalue weighted by atomic mass is 10.1. The summed E-state index contributed by atoms with van der Waals surface area (Å²) in [6.45, 7) is 1.56. The van der Waals surface area contributed by atoms with E-state index < -0.39 is 32.6 Å². The Hall–Kier alpha value is -1.67. The topological polar surface area (TPSA) is 106 Å². The Morgan fingerprint density at radius 1 is 1.45 bits per heavy atom. The lowest BCUT2D eigenvalue weighted by Gasteiger charge is -2.17. The molecule has 20 heavy (non-hydrogen) atoms. The van der Waals surface area contributed by atoms with Gasteiger partial charge in [-0.3, -0.25) is 4.79 Å². The summed E-state index contributed by atoms with van der Waals surface area (Å²) in [6, 6.07) is 2.46. The number of amides is 1. The van der Waals surface area contributed by atoms with Crippen LogP contribution in [0.4, 0.5) is 10.1 Å². The predicted molar refractivity (Wildman–Crippen MR) is 71.6 cm³/mol. The van der Waals surface area contributed by atoms with Crippen molar-refractivity contribution in [3.8, 4) is 0 Å². The molecule has 4 N–H and O–H groups in total. The fraction of sp³-hybridized carbons (Fsp3) is 0.417. The van der Waals surface area contributed by atoms with Gasteiger partial charge in [0, 0.05) is 18.8 Å². The van der Waals surface area contributed by atoms with Crippen molar-refractivity contribution in [3.63, 3.8) is 0 Å². The van der Waals surface area contributed by atoms with Crippen molar-refractivity contribution < 1.29 is 17.6 Å². The van der Waals surface area contributed by atoms with E-state index in [1.807, 2.05) is 0 Å². The van der Waals surface area contributed by atoms with E-state index in [2.05, 4.69) is 0 Å². The number of nitrogens with two attached hydrogens (primary N) is 2. The number of benzene rings is 1. The third kappa shape index (κ3) is 2.48. The van der Waals surface area contributed by atoms with Crippen LogP contribution >= 0.6 is 0 Å². The summed E-state index contributed by atoms with van der Waals surface area (Å²) in [4.78, 5) is 10.6. The molecule has 2 rings (SSSR count). The van der Waals surface area contributed by atoms with E-state index in [9.17, 15) is 17.6 Å². The number of anilines is 1. The number of carbonyl (C=O) groups is 1. The molecule has 1 fully saturated rings. The van der Waals surface area contributed by atoms with Gasteiger partial charge in [0.2, 0.25) is 15.9 Å². The van der Waals surface area contributed by atoms with Gasteiger partial charge in [-0.2, -0.15) is 4.31 Å². The summed E-state index contributed by atoms with van der Waals surface area (Å²) in [6.07, 6.45) is 0.345. The van der Waals surface area contributed by atoms with Gasteiger partial charge in [0.05, 0.1) is 5.92 Å². The molecule has 1 unspecified atom stereocenters. The average molecular weight is 301 g/mol. The minimum atomic E-state index is -4.01. The van der Waals surface area contributed by atoms with Gasteiger partial charge in [-0.15, -0.1) is 0 Å². The molecule has 1 amide bonds. The van der Waals surface area contributed by atoms with Crippen molar-refractivity contribution in [3.05, 3.63) is 23.5 Å². The normalized spacial score (nSPS) is 20.2. The Labute approximate surface area is 116 Å². The zero-order valence-electron chi connectivity index (χ0n) is 11.0. The van der Waals surface area contributed by atoms with Gasteiger partial charge in [-0.25, -0.2) is 12.8 Å². The van der Waals surface area contributed by atoms with Crippen LogP contribution in [0.5, 0.6) is 0 Å². The Bertz CT molecular complexity index is 660. The Kier molecular flexibility index (Phi) is 3.70. The Morgan fingerprint density at radius 3 is 2.65 bits per heavy atom. The number of halogens is 1. The second-order valence-corrected chi connectivity index (χ2v) is 6.81. The molecular formula is C12H16FN3O3S. The molecule has 0 aromatic heterocycles. The first-order valence-electron chi connectivity index (χ1n) is 6.08. The lowest BCUT2D eigenvalue weighted by Crippen LogP contribution is -2.32. The van der Waals surface area contributed by atoms with Crippen LogP contribution in [0.2, 0.25) is 0 Å². The highest BCUT2D eigenvalue weighted by molar-refractivity contribution is 7.89. The fourth-order valence-electron chi connectivity index (χ4n) is 2.27. The molecule has 1 aliphatic heterocycles. The van der Waals surface area contributed by atoms with Gasteiger partial charge in [0.1, 0.15) is 10.7 Å². The molecule has 1 atom stereocenters. The van der Waals surface area contributed by atoms with Crippen molar-refractivity contribution in [2.75, 3.05) is 18.8 Å².